The molecule has 0 fully saturated rings. The fourth-order valence-electron chi connectivity index (χ4n) is 2.16. The van der Waals surface area contributed by atoms with Gasteiger partial charge in [0.15, 0.2) is 24.7 Å². The molecule has 146 valence electrons. The molecule has 0 unspecified atom stereocenters. The summed E-state index contributed by atoms with van der Waals surface area (Å²) in [5, 5.41) is 2.67. The number of nitrogens with one attached hydrogen (secondary N) is 1. The molecule has 2 aromatic rings. The molecule has 1 amide bonds. The summed E-state index contributed by atoms with van der Waals surface area (Å²) in [6, 6.07) is 11.4. The van der Waals surface area contributed by atoms with E-state index in [1.807, 2.05) is 13.0 Å². The largest absolute Gasteiger partial charge is 0.493 e. The third-order valence-corrected chi connectivity index (χ3v) is 3.49. The molecule has 27 heavy (non-hydrogen) atoms. The highest BCUT2D eigenvalue weighted by Gasteiger charge is 2.28. The number of hydrogen-bond acceptors (Lipinski definition) is 4. The Balaban J connectivity index is 1.78. The topological polar surface area (TPSA) is 56.8 Å². The molecule has 2 rings (SSSR count). The number of carbonyl (C=O) groups is 1. The lowest BCUT2D eigenvalue weighted by molar-refractivity contribution is -0.153. The number of aryl methyl sites for hydroxylation is 1. The van der Waals surface area contributed by atoms with Crippen LogP contribution in [0.25, 0.3) is 0 Å². The molecule has 0 saturated heterocycles. The van der Waals surface area contributed by atoms with Gasteiger partial charge in [0.25, 0.3) is 5.91 Å². The van der Waals surface area contributed by atoms with Crippen molar-refractivity contribution in [3.63, 3.8) is 0 Å². The van der Waals surface area contributed by atoms with Gasteiger partial charge in [-0.3, -0.25) is 4.79 Å². The SMILES string of the molecule is COc1cc(C)ccc1OCC(=O)NCc1ccc(OCC(F)(F)F)cc1. The van der Waals surface area contributed by atoms with Crippen LogP contribution in [0.2, 0.25) is 0 Å². The zero-order chi connectivity index (χ0) is 19.9. The molecule has 0 aliphatic heterocycles. The van der Waals surface area contributed by atoms with Crippen molar-refractivity contribution in [2.24, 2.45) is 0 Å². The predicted molar refractivity (Wildman–Crippen MR) is 93.1 cm³/mol. The number of alkyl halides is 3. The number of benzene rings is 2. The van der Waals surface area contributed by atoms with E-state index in [-0.39, 0.29) is 24.8 Å². The molecule has 8 heteroatoms. The van der Waals surface area contributed by atoms with E-state index in [0.29, 0.717) is 11.5 Å². The predicted octanol–water partition coefficient (Wildman–Crippen LogP) is 3.64. The average Bonchev–Trinajstić information content (AvgIpc) is 2.63. The van der Waals surface area contributed by atoms with Crippen LogP contribution in [0.1, 0.15) is 11.1 Å². The maximum absolute atomic E-state index is 12.1. The van der Waals surface area contributed by atoms with Gasteiger partial charge in [-0.05, 0) is 42.3 Å². The fraction of sp³-hybridized carbons (Fsp3) is 0.316. The second-order valence-corrected chi connectivity index (χ2v) is 5.77. The van der Waals surface area contributed by atoms with E-state index in [1.165, 1.54) is 19.2 Å². The van der Waals surface area contributed by atoms with E-state index in [9.17, 15) is 18.0 Å². The van der Waals surface area contributed by atoms with Gasteiger partial charge in [0.2, 0.25) is 0 Å². The number of ether oxygens (including phenoxy) is 3. The molecular formula is C19H20F3NO4. The molecule has 0 bridgehead atoms. The monoisotopic (exact) mass is 383 g/mol. The van der Waals surface area contributed by atoms with Crippen LogP contribution in [-0.2, 0) is 11.3 Å². The van der Waals surface area contributed by atoms with Gasteiger partial charge in [0.1, 0.15) is 5.75 Å². The Morgan fingerprint density at radius 2 is 1.74 bits per heavy atom. The number of amides is 1. The first kappa shape index (κ1) is 20.4. The van der Waals surface area contributed by atoms with Crippen molar-refractivity contribution in [2.45, 2.75) is 19.6 Å². The molecule has 2 aromatic carbocycles. The van der Waals surface area contributed by atoms with Gasteiger partial charge >= 0.3 is 6.18 Å². The number of carbonyl (C=O) groups excluding carboxylic acids is 1. The van der Waals surface area contributed by atoms with Crippen LogP contribution in [-0.4, -0.2) is 32.4 Å². The fourth-order valence-corrected chi connectivity index (χ4v) is 2.16. The molecule has 0 saturated carbocycles. The van der Waals surface area contributed by atoms with Crippen molar-refractivity contribution in [3.8, 4) is 17.2 Å². The summed E-state index contributed by atoms with van der Waals surface area (Å²) in [5.41, 5.74) is 1.72. The molecule has 0 aliphatic rings. The molecule has 0 aromatic heterocycles. The molecule has 0 aliphatic carbocycles. The third-order valence-electron chi connectivity index (χ3n) is 3.49. The van der Waals surface area contributed by atoms with Gasteiger partial charge in [0.05, 0.1) is 7.11 Å². The Labute approximate surface area is 155 Å². The van der Waals surface area contributed by atoms with Gasteiger partial charge in [-0.2, -0.15) is 13.2 Å². The van der Waals surface area contributed by atoms with E-state index < -0.39 is 12.8 Å². The van der Waals surface area contributed by atoms with E-state index in [2.05, 4.69) is 10.1 Å². The van der Waals surface area contributed by atoms with Crippen LogP contribution in [0, 0.1) is 6.92 Å². The maximum Gasteiger partial charge on any atom is 0.422 e. The lowest BCUT2D eigenvalue weighted by Gasteiger charge is -2.12. The van der Waals surface area contributed by atoms with Crippen LogP contribution in [0.15, 0.2) is 42.5 Å². The lowest BCUT2D eigenvalue weighted by atomic mass is 10.2. The Morgan fingerprint density at radius 3 is 2.37 bits per heavy atom. The molecule has 0 radical (unpaired) electrons. The molecule has 0 atom stereocenters. The van der Waals surface area contributed by atoms with Crippen LogP contribution >= 0.6 is 0 Å². The summed E-state index contributed by atoms with van der Waals surface area (Å²) in [6.07, 6.45) is -4.38. The minimum atomic E-state index is -4.38. The Kier molecular flexibility index (Phi) is 6.92. The number of halogens is 3. The zero-order valence-corrected chi connectivity index (χ0v) is 14.9. The first-order valence-electron chi connectivity index (χ1n) is 8.09. The first-order chi connectivity index (χ1) is 12.8. The van der Waals surface area contributed by atoms with Crippen molar-refractivity contribution in [1.82, 2.24) is 5.32 Å². The summed E-state index contributed by atoms with van der Waals surface area (Å²) in [7, 11) is 1.52. The molecular weight excluding hydrogens is 363 g/mol. The minimum Gasteiger partial charge on any atom is -0.493 e. The van der Waals surface area contributed by atoms with Gasteiger partial charge < -0.3 is 19.5 Å². The highest BCUT2D eigenvalue weighted by molar-refractivity contribution is 5.77. The highest BCUT2D eigenvalue weighted by atomic mass is 19.4. The average molecular weight is 383 g/mol. The van der Waals surface area contributed by atoms with Crippen LogP contribution in [0.4, 0.5) is 13.2 Å². The highest BCUT2D eigenvalue weighted by Crippen LogP contribution is 2.27. The van der Waals surface area contributed by atoms with Crippen LogP contribution < -0.4 is 19.5 Å². The summed E-state index contributed by atoms with van der Waals surface area (Å²) in [6.45, 7) is 0.598. The summed E-state index contributed by atoms with van der Waals surface area (Å²) in [4.78, 5) is 11.9. The minimum absolute atomic E-state index is 0.109. The Hall–Kier alpha value is -2.90. The second kappa shape index (κ2) is 9.16. The zero-order valence-electron chi connectivity index (χ0n) is 14.9. The van der Waals surface area contributed by atoms with Crippen molar-refractivity contribution in [2.75, 3.05) is 20.3 Å². The molecule has 1 N–H and O–H groups in total. The van der Waals surface area contributed by atoms with Crippen molar-refractivity contribution < 1.29 is 32.2 Å². The second-order valence-electron chi connectivity index (χ2n) is 5.77. The van der Waals surface area contributed by atoms with E-state index in [0.717, 1.165) is 11.1 Å². The third kappa shape index (κ3) is 7.08. The smallest absolute Gasteiger partial charge is 0.422 e. The normalized spacial score (nSPS) is 11.0. The number of hydrogen-bond donors (Lipinski definition) is 1. The standard InChI is InChI=1S/C19H20F3NO4/c1-13-3-8-16(17(9-13)25-2)26-11-18(24)23-10-14-4-6-15(7-5-14)27-12-19(20,21)22/h3-9H,10-12H2,1-2H3,(H,23,24). The van der Waals surface area contributed by atoms with Gasteiger partial charge in [-0.25, -0.2) is 0 Å². The maximum atomic E-state index is 12.1. The summed E-state index contributed by atoms with van der Waals surface area (Å²) >= 11 is 0. The van der Waals surface area contributed by atoms with Crippen LogP contribution in [0.5, 0.6) is 17.2 Å². The number of methoxy groups -OCH3 is 1. The molecule has 5 nitrogen and oxygen atoms in total. The lowest BCUT2D eigenvalue weighted by Crippen LogP contribution is -2.28. The van der Waals surface area contributed by atoms with Crippen molar-refractivity contribution in [1.29, 1.82) is 0 Å². The van der Waals surface area contributed by atoms with E-state index in [1.54, 1.807) is 24.3 Å². The van der Waals surface area contributed by atoms with Crippen molar-refractivity contribution in [3.05, 3.63) is 53.6 Å². The Morgan fingerprint density at radius 1 is 1.04 bits per heavy atom. The van der Waals surface area contributed by atoms with Gasteiger partial charge in [-0.1, -0.05) is 18.2 Å². The molecule has 0 spiro atoms. The Bertz CT molecular complexity index is 761. The number of rotatable bonds is 8. The van der Waals surface area contributed by atoms with E-state index in [4.69, 9.17) is 9.47 Å². The summed E-state index contributed by atoms with van der Waals surface area (Å²) in [5.74, 6) is 0.772. The van der Waals surface area contributed by atoms with Crippen molar-refractivity contribution >= 4 is 5.91 Å². The summed E-state index contributed by atoms with van der Waals surface area (Å²) < 4.78 is 51.6. The first-order valence-corrected chi connectivity index (χ1v) is 8.09. The quantitative estimate of drug-likeness (QED) is 0.756. The van der Waals surface area contributed by atoms with Gasteiger partial charge in [0, 0.05) is 6.54 Å². The van der Waals surface area contributed by atoms with Crippen LogP contribution in [0.3, 0.4) is 0 Å². The van der Waals surface area contributed by atoms with E-state index >= 15 is 0 Å². The van der Waals surface area contributed by atoms with Gasteiger partial charge in [-0.15, -0.1) is 0 Å². The molecule has 0 heterocycles.